The fourth-order valence-corrected chi connectivity index (χ4v) is 4.31. The van der Waals surface area contributed by atoms with Crippen molar-refractivity contribution in [3.63, 3.8) is 0 Å². The number of carbonyl (C=O) groups is 2. The first kappa shape index (κ1) is 23.4. The Morgan fingerprint density at radius 1 is 0.886 bits per heavy atom. The number of aromatic amines is 1. The SMILES string of the molecule is COc1ccc(NS(=O)(=O)c2cccc(C(=O)NNC(=O)c3n[nH]c(=O)c4ccccc34)c2)cc1. The van der Waals surface area contributed by atoms with Crippen molar-refractivity contribution in [2.45, 2.75) is 4.90 Å². The number of H-pyrrole nitrogens is 1. The molecule has 12 heteroatoms. The molecule has 0 atom stereocenters. The van der Waals surface area contributed by atoms with E-state index in [0.717, 1.165) is 0 Å². The van der Waals surface area contributed by atoms with Gasteiger partial charge in [-0.05, 0) is 48.5 Å². The molecule has 0 aliphatic rings. The minimum absolute atomic E-state index is 0.0119. The molecule has 1 aromatic heterocycles. The van der Waals surface area contributed by atoms with Gasteiger partial charge in [-0.15, -0.1) is 0 Å². The highest BCUT2D eigenvalue weighted by Gasteiger charge is 2.18. The van der Waals surface area contributed by atoms with Crippen LogP contribution in [0.3, 0.4) is 0 Å². The zero-order valence-electron chi connectivity index (χ0n) is 18.2. The number of hydrogen-bond donors (Lipinski definition) is 4. The third-order valence-corrected chi connectivity index (χ3v) is 6.33. The lowest BCUT2D eigenvalue weighted by molar-refractivity contribution is 0.0844. The smallest absolute Gasteiger partial charge is 0.290 e. The van der Waals surface area contributed by atoms with E-state index in [-0.39, 0.29) is 21.5 Å². The average molecular weight is 494 g/mol. The van der Waals surface area contributed by atoms with Crippen LogP contribution in [0.4, 0.5) is 5.69 Å². The highest BCUT2D eigenvalue weighted by molar-refractivity contribution is 7.92. The van der Waals surface area contributed by atoms with Crippen LogP contribution < -0.4 is 25.9 Å². The van der Waals surface area contributed by atoms with Crippen LogP contribution in [0.2, 0.25) is 0 Å². The van der Waals surface area contributed by atoms with Crippen molar-refractivity contribution in [1.82, 2.24) is 21.0 Å². The van der Waals surface area contributed by atoms with E-state index >= 15 is 0 Å². The molecule has 0 saturated heterocycles. The van der Waals surface area contributed by atoms with Gasteiger partial charge in [-0.3, -0.25) is 30.0 Å². The van der Waals surface area contributed by atoms with Gasteiger partial charge >= 0.3 is 0 Å². The van der Waals surface area contributed by atoms with Crippen molar-refractivity contribution in [1.29, 1.82) is 0 Å². The van der Waals surface area contributed by atoms with E-state index in [1.54, 1.807) is 30.3 Å². The number of hydrogen-bond acceptors (Lipinski definition) is 7. The predicted octanol–water partition coefficient (Wildman–Crippen LogP) is 1.81. The Morgan fingerprint density at radius 3 is 2.29 bits per heavy atom. The summed E-state index contributed by atoms with van der Waals surface area (Å²) in [6.07, 6.45) is 0. The van der Waals surface area contributed by atoms with E-state index in [4.69, 9.17) is 4.74 Å². The Kier molecular flexibility index (Phi) is 6.46. The minimum atomic E-state index is -3.99. The maximum absolute atomic E-state index is 12.8. The molecule has 0 fully saturated rings. The standard InChI is InChI=1S/C23H19N5O6S/c1-34-16-11-9-15(10-12-16)28-35(32,33)17-6-4-5-14(13-17)21(29)25-27-23(31)20-18-7-2-3-8-19(18)22(30)26-24-20/h2-13,28H,1H3,(H,25,29)(H,26,30)(H,27,31). The van der Waals surface area contributed by atoms with Gasteiger partial charge in [-0.25, -0.2) is 13.5 Å². The number of fused-ring (bicyclic) bond motifs is 1. The number of amides is 2. The maximum Gasteiger partial charge on any atom is 0.290 e. The first-order chi connectivity index (χ1) is 16.8. The first-order valence-corrected chi connectivity index (χ1v) is 11.6. The van der Waals surface area contributed by atoms with Crippen LogP contribution in [-0.2, 0) is 10.0 Å². The normalized spacial score (nSPS) is 11.0. The van der Waals surface area contributed by atoms with Gasteiger partial charge in [-0.2, -0.15) is 5.10 Å². The highest BCUT2D eigenvalue weighted by atomic mass is 32.2. The molecule has 0 radical (unpaired) electrons. The third kappa shape index (κ3) is 5.12. The lowest BCUT2D eigenvalue weighted by atomic mass is 10.1. The van der Waals surface area contributed by atoms with E-state index in [2.05, 4.69) is 25.8 Å². The quantitative estimate of drug-likeness (QED) is 0.298. The van der Waals surface area contributed by atoms with Crippen molar-refractivity contribution < 1.29 is 22.7 Å². The molecule has 0 bridgehead atoms. The lowest BCUT2D eigenvalue weighted by Gasteiger charge is -2.11. The highest BCUT2D eigenvalue weighted by Crippen LogP contribution is 2.20. The van der Waals surface area contributed by atoms with Crippen LogP contribution >= 0.6 is 0 Å². The summed E-state index contributed by atoms with van der Waals surface area (Å²) in [5.41, 5.74) is 4.18. The molecule has 2 amide bonds. The monoisotopic (exact) mass is 493 g/mol. The molecular formula is C23H19N5O6S. The number of ether oxygens (including phenoxy) is 1. The number of benzene rings is 3. The zero-order valence-corrected chi connectivity index (χ0v) is 19.0. The summed E-state index contributed by atoms with van der Waals surface area (Å²) in [5, 5.41) is 6.56. The van der Waals surface area contributed by atoms with E-state index < -0.39 is 27.4 Å². The Hall–Kier alpha value is -4.71. The molecule has 0 unspecified atom stereocenters. The number of methoxy groups -OCH3 is 1. The Bertz CT molecular complexity index is 1580. The Balaban J connectivity index is 1.48. The Morgan fingerprint density at radius 2 is 1.57 bits per heavy atom. The molecule has 0 spiro atoms. The summed E-state index contributed by atoms with van der Waals surface area (Å²) in [6, 6.07) is 18.0. The molecule has 0 aliphatic carbocycles. The fourth-order valence-electron chi connectivity index (χ4n) is 3.21. The van der Waals surface area contributed by atoms with Gasteiger partial charge < -0.3 is 4.74 Å². The molecule has 3 aromatic carbocycles. The van der Waals surface area contributed by atoms with Gasteiger partial charge in [0, 0.05) is 16.6 Å². The Labute approximate surface area is 199 Å². The van der Waals surface area contributed by atoms with Crippen LogP contribution in [0.5, 0.6) is 5.75 Å². The molecule has 1 heterocycles. The number of nitrogens with zero attached hydrogens (tertiary/aromatic N) is 1. The van der Waals surface area contributed by atoms with Gasteiger partial charge in [0.1, 0.15) is 5.75 Å². The summed E-state index contributed by atoms with van der Waals surface area (Å²) in [7, 11) is -2.50. The van der Waals surface area contributed by atoms with Crippen LogP contribution in [0, 0.1) is 0 Å². The van der Waals surface area contributed by atoms with E-state index in [9.17, 15) is 22.8 Å². The number of rotatable bonds is 6. The second kappa shape index (κ2) is 9.65. The van der Waals surface area contributed by atoms with Crippen LogP contribution in [-0.4, -0.2) is 37.5 Å². The number of hydrazine groups is 1. The summed E-state index contributed by atoms with van der Waals surface area (Å²) < 4.78 is 33.0. The van der Waals surface area contributed by atoms with Crippen LogP contribution in [0.25, 0.3) is 10.8 Å². The second-order valence-corrected chi connectivity index (χ2v) is 8.90. The summed E-state index contributed by atoms with van der Waals surface area (Å²) >= 11 is 0. The van der Waals surface area contributed by atoms with Crippen molar-refractivity contribution in [3.8, 4) is 5.75 Å². The second-order valence-electron chi connectivity index (χ2n) is 7.22. The fraction of sp³-hybridized carbons (Fsp3) is 0.0435. The summed E-state index contributed by atoms with van der Waals surface area (Å²) in [5.74, 6) is -0.956. The molecule has 4 rings (SSSR count). The number of anilines is 1. The van der Waals surface area contributed by atoms with Gasteiger partial charge in [-0.1, -0.05) is 24.3 Å². The van der Waals surface area contributed by atoms with Gasteiger partial charge in [0.15, 0.2) is 5.69 Å². The molecular weight excluding hydrogens is 474 g/mol. The van der Waals surface area contributed by atoms with Crippen LogP contribution in [0.15, 0.2) is 82.5 Å². The minimum Gasteiger partial charge on any atom is -0.497 e. The van der Waals surface area contributed by atoms with E-state index in [0.29, 0.717) is 16.8 Å². The zero-order chi connectivity index (χ0) is 25.0. The summed E-state index contributed by atoms with van der Waals surface area (Å²) in [4.78, 5) is 36.9. The number of aromatic nitrogens is 2. The number of nitrogens with one attached hydrogen (secondary N) is 4. The molecule has 35 heavy (non-hydrogen) atoms. The van der Waals surface area contributed by atoms with Crippen molar-refractivity contribution in [3.05, 3.63) is 94.4 Å². The molecule has 4 aromatic rings. The number of sulfonamides is 1. The molecule has 0 aliphatic heterocycles. The van der Waals surface area contributed by atoms with Gasteiger partial charge in [0.2, 0.25) is 0 Å². The summed E-state index contributed by atoms with van der Waals surface area (Å²) in [6.45, 7) is 0. The van der Waals surface area contributed by atoms with Crippen molar-refractivity contribution >= 4 is 38.3 Å². The van der Waals surface area contributed by atoms with Gasteiger partial charge in [0.05, 0.1) is 17.4 Å². The van der Waals surface area contributed by atoms with E-state index in [1.165, 1.54) is 49.6 Å². The largest absolute Gasteiger partial charge is 0.497 e. The molecule has 4 N–H and O–H groups in total. The maximum atomic E-state index is 12.8. The molecule has 0 saturated carbocycles. The first-order valence-electron chi connectivity index (χ1n) is 10.1. The topological polar surface area (TPSA) is 159 Å². The molecule has 178 valence electrons. The third-order valence-electron chi connectivity index (χ3n) is 4.95. The number of carbonyl (C=O) groups excluding carboxylic acids is 2. The molecule has 11 nitrogen and oxygen atoms in total. The predicted molar refractivity (Wildman–Crippen MR) is 128 cm³/mol. The van der Waals surface area contributed by atoms with E-state index in [1.807, 2.05) is 0 Å². The average Bonchev–Trinajstić information content (AvgIpc) is 2.88. The van der Waals surface area contributed by atoms with Crippen LogP contribution in [0.1, 0.15) is 20.8 Å². The lowest BCUT2D eigenvalue weighted by Crippen LogP contribution is -2.42. The van der Waals surface area contributed by atoms with Gasteiger partial charge in [0.25, 0.3) is 27.4 Å². The van der Waals surface area contributed by atoms with Crippen molar-refractivity contribution in [2.24, 2.45) is 0 Å². The van der Waals surface area contributed by atoms with Crippen molar-refractivity contribution in [2.75, 3.05) is 11.8 Å².